The molecule has 0 heterocycles. The van der Waals surface area contributed by atoms with Crippen molar-refractivity contribution >= 4 is 18.6 Å². The van der Waals surface area contributed by atoms with Crippen LogP contribution in [-0.4, -0.2) is 16.2 Å². The number of benzene rings is 1. The van der Waals surface area contributed by atoms with E-state index in [-0.39, 0.29) is 18.6 Å². The van der Waals surface area contributed by atoms with Gasteiger partial charge in [0.25, 0.3) is 0 Å². The van der Waals surface area contributed by atoms with Crippen molar-refractivity contribution in [1.82, 2.24) is 0 Å². The number of hydrogen-bond acceptors (Lipinski definition) is 4. The molecule has 5 heteroatoms. The molecule has 0 spiro atoms. The zero-order chi connectivity index (χ0) is 11.4. The number of carboxylic acid groups (broad SMARTS) is 1. The molecule has 4 nitrogen and oxygen atoms in total. The summed E-state index contributed by atoms with van der Waals surface area (Å²) >= 11 is 4.08. The second-order valence-corrected chi connectivity index (χ2v) is 3.42. The molecule has 0 aliphatic carbocycles. The van der Waals surface area contributed by atoms with Crippen molar-refractivity contribution in [2.75, 3.05) is 0 Å². The van der Waals surface area contributed by atoms with Crippen molar-refractivity contribution in [2.24, 2.45) is 0 Å². The Kier molecular flexibility index (Phi) is 3.72. The number of aliphatic hydroxyl groups excluding tert-OH is 1. The lowest BCUT2D eigenvalue weighted by molar-refractivity contribution is -0.136. The molecule has 0 saturated heterocycles. The molecule has 0 bridgehead atoms. The number of rotatable bonds is 3. The quantitative estimate of drug-likeness (QED) is 0.667. The number of aliphatic carboxylic acids is 1. The van der Waals surface area contributed by atoms with Crippen LogP contribution in [0.15, 0.2) is 17.0 Å². The maximum atomic E-state index is 10.5. The van der Waals surface area contributed by atoms with Crippen molar-refractivity contribution in [3.8, 4) is 6.07 Å². The van der Waals surface area contributed by atoms with E-state index in [0.717, 1.165) is 0 Å². The third-order valence-electron chi connectivity index (χ3n) is 1.99. The zero-order valence-electron chi connectivity index (χ0n) is 7.77. The van der Waals surface area contributed by atoms with E-state index in [1.165, 1.54) is 6.07 Å². The molecule has 0 atom stereocenters. The van der Waals surface area contributed by atoms with Crippen LogP contribution in [0.5, 0.6) is 0 Å². The van der Waals surface area contributed by atoms with Gasteiger partial charge in [0, 0.05) is 10.5 Å². The lowest BCUT2D eigenvalue weighted by atomic mass is 10.00. The maximum absolute atomic E-state index is 10.5. The van der Waals surface area contributed by atoms with Crippen LogP contribution >= 0.6 is 12.6 Å². The lowest BCUT2D eigenvalue weighted by Crippen LogP contribution is -2.05. The van der Waals surface area contributed by atoms with Gasteiger partial charge in [-0.05, 0) is 11.6 Å². The Morgan fingerprint density at radius 3 is 2.67 bits per heavy atom. The summed E-state index contributed by atoms with van der Waals surface area (Å²) < 4.78 is 0. The van der Waals surface area contributed by atoms with Gasteiger partial charge in [-0.25, -0.2) is 0 Å². The van der Waals surface area contributed by atoms with Crippen molar-refractivity contribution in [2.45, 2.75) is 17.9 Å². The van der Waals surface area contributed by atoms with Crippen molar-refractivity contribution < 1.29 is 15.0 Å². The predicted octanol–water partition coefficient (Wildman–Crippen LogP) is 0.966. The molecule has 0 aliphatic rings. The van der Waals surface area contributed by atoms with Crippen molar-refractivity contribution in [1.29, 1.82) is 5.26 Å². The van der Waals surface area contributed by atoms with E-state index in [2.05, 4.69) is 12.6 Å². The van der Waals surface area contributed by atoms with Gasteiger partial charge in [-0.1, -0.05) is 6.07 Å². The molecule has 0 aromatic heterocycles. The standard InChI is InChI=1S/C10H9NO3S/c11-4-7-6(3-10(13)14)1-2-9(15)8(7)5-12/h1-2,12,15H,3,5H2,(H,13,14). The van der Waals surface area contributed by atoms with Crippen LogP contribution in [0.2, 0.25) is 0 Å². The van der Waals surface area contributed by atoms with E-state index in [4.69, 9.17) is 15.5 Å². The number of carbonyl (C=O) groups is 1. The normalized spacial score (nSPS) is 9.67. The molecule has 0 aliphatic heterocycles. The third-order valence-corrected chi connectivity index (χ3v) is 2.41. The summed E-state index contributed by atoms with van der Waals surface area (Å²) in [6, 6.07) is 5.00. The SMILES string of the molecule is N#Cc1c(CC(=O)O)ccc(S)c1CO. The van der Waals surface area contributed by atoms with Gasteiger partial charge in [-0.2, -0.15) is 5.26 Å². The minimum Gasteiger partial charge on any atom is -0.481 e. The van der Waals surface area contributed by atoms with Crippen molar-refractivity contribution in [3.63, 3.8) is 0 Å². The molecule has 78 valence electrons. The summed E-state index contributed by atoms with van der Waals surface area (Å²) in [5.41, 5.74) is 0.971. The van der Waals surface area contributed by atoms with Gasteiger partial charge in [0.1, 0.15) is 0 Å². The molecule has 0 saturated carbocycles. The van der Waals surface area contributed by atoms with Gasteiger partial charge < -0.3 is 10.2 Å². The Hall–Kier alpha value is -1.51. The molecule has 0 fully saturated rings. The van der Waals surface area contributed by atoms with Gasteiger partial charge in [-0.15, -0.1) is 12.6 Å². The van der Waals surface area contributed by atoms with E-state index < -0.39 is 5.97 Å². The molecule has 0 unspecified atom stereocenters. The van der Waals surface area contributed by atoms with Crippen LogP contribution < -0.4 is 0 Å². The first-order valence-corrected chi connectivity index (χ1v) is 4.61. The van der Waals surface area contributed by atoms with Gasteiger partial charge in [0.2, 0.25) is 0 Å². The maximum Gasteiger partial charge on any atom is 0.307 e. The fourth-order valence-corrected chi connectivity index (χ4v) is 1.55. The molecule has 1 aromatic rings. The van der Waals surface area contributed by atoms with E-state index in [1.807, 2.05) is 6.07 Å². The molecular formula is C10H9NO3S. The first kappa shape index (κ1) is 11.6. The number of aliphatic hydroxyl groups is 1. The fraction of sp³-hybridized carbons (Fsp3) is 0.200. The highest BCUT2D eigenvalue weighted by molar-refractivity contribution is 7.80. The molecule has 1 aromatic carbocycles. The molecule has 0 amide bonds. The van der Waals surface area contributed by atoms with Crippen LogP contribution in [-0.2, 0) is 17.8 Å². The first-order chi connectivity index (χ1) is 7.10. The Morgan fingerprint density at radius 2 is 2.20 bits per heavy atom. The number of nitrogens with zero attached hydrogens (tertiary/aromatic N) is 1. The second kappa shape index (κ2) is 4.82. The fourth-order valence-electron chi connectivity index (χ4n) is 1.29. The highest BCUT2D eigenvalue weighted by Crippen LogP contribution is 2.22. The Morgan fingerprint density at radius 1 is 1.53 bits per heavy atom. The predicted molar refractivity (Wildman–Crippen MR) is 55.7 cm³/mol. The Labute approximate surface area is 92.2 Å². The third kappa shape index (κ3) is 2.49. The highest BCUT2D eigenvalue weighted by Gasteiger charge is 2.12. The minimum absolute atomic E-state index is 0.201. The summed E-state index contributed by atoms with van der Waals surface area (Å²) in [4.78, 5) is 11.0. The second-order valence-electron chi connectivity index (χ2n) is 2.94. The monoisotopic (exact) mass is 223 g/mol. The summed E-state index contributed by atoms with van der Waals surface area (Å²) in [6.07, 6.45) is -0.232. The molecule has 15 heavy (non-hydrogen) atoms. The average molecular weight is 223 g/mol. The van der Waals surface area contributed by atoms with E-state index in [9.17, 15) is 4.79 Å². The molecule has 2 N–H and O–H groups in total. The summed E-state index contributed by atoms with van der Waals surface area (Å²) in [6.45, 7) is -0.324. The summed E-state index contributed by atoms with van der Waals surface area (Å²) in [5.74, 6) is -1.01. The van der Waals surface area contributed by atoms with E-state index >= 15 is 0 Å². The Balaban J connectivity index is 3.30. The van der Waals surface area contributed by atoms with Crippen LogP contribution in [0, 0.1) is 11.3 Å². The highest BCUT2D eigenvalue weighted by atomic mass is 32.1. The van der Waals surface area contributed by atoms with Crippen LogP contribution in [0.4, 0.5) is 0 Å². The number of hydrogen-bond donors (Lipinski definition) is 3. The largest absolute Gasteiger partial charge is 0.481 e. The van der Waals surface area contributed by atoms with Crippen LogP contribution in [0.25, 0.3) is 0 Å². The van der Waals surface area contributed by atoms with Crippen molar-refractivity contribution in [3.05, 3.63) is 28.8 Å². The van der Waals surface area contributed by atoms with E-state index in [0.29, 0.717) is 16.0 Å². The lowest BCUT2D eigenvalue weighted by Gasteiger charge is -2.08. The molecular weight excluding hydrogens is 214 g/mol. The van der Waals surface area contributed by atoms with Gasteiger partial charge in [0.15, 0.2) is 0 Å². The molecule has 1 rings (SSSR count). The summed E-state index contributed by atoms with van der Waals surface area (Å²) in [5, 5.41) is 26.5. The first-order valence-electron chi connectivity index (χ1n) is 4.16. The zero-order valence-corrected chi connectivity index (χ0v) is 8.66. The van der Waals surface area contributed by atoms with Gasteiger partial charge >= 0.3 is 5.97 Å². The van der Waals surface area contributed by atoms with Crippen LogP contribution in [0.3, 0.4) is 0 Å². The number of thiol groups is 1. The Bertz CT molecular complexity index is 437. The molecule has 0 radical (unpaired) electrons. The van der Waals surface area contributed by atoms with Gasteiger partial charge in [0.05, 0.1) is 24.7 Å². The topological polar surface area (TPSA) is 81.3 Å². The van der Waals surface area contributed by atoms with Crippen LogP contribution in [0.1, 0.15) is 16.7 Å². The number of carboxylic acids is 1. The smallest absolute Gasteiger partial charge is 0.307 e. The number of nitriles is 1. The minimum atomic E-state index is -1.01. The van der Waals surface area contributed by atoms with Gasteiger partial charge in [-0.3, -0.25) is 4.79 Å². The summed E-state index contributed by atoms with van der Waals surface area (Å²) in [7, 11) is 0. The van der Waals surface area contributed by atoms with E-state index in [1.54, 1.807) is 6.07 Å². The average Bonchev–Trinajstić information content (AvgIpc) is 2.19.